The summed E-state index contributed by atoms with van der Waals surface area (Å²) in [5.74, 6) is 0. The van der Waals surface area contributed by atoms with Crippen LogP contribution in [0.15, 0.2) is 84.9 Å². The highest BCUT2D eigenvalue weighted by molar-refractivity contribution is 6.38. The Balaban J connectivity index is 1.94. The molecule has 1 heterocycles. The molecule has 156 valence electrons. The average molecular weight is 422 g/mol. The van der Waals surface area contributed by atoms with E-state index < -0.39 is 0 Å². The highest BCUT2D eigenvalue weighted by atomic mass is 15.0. The summed E-state index contributed by atoms with van der Waals surface area (Å²) in [4.78, 5) is 0. The first-order valence-electron chi connectivity index (χ1n) is 11.8. The van der Waals surface area contributed by atoms with Crippen molar-refractivity contribution in [3.8, 4) is 0 Å². The first kappa shape index (κ1) is 18.5. The monoisotopic (exact) mass is 421 g/mol. The van der Waals surface area contributed by atoms with Gasteiger partial charge in [-0.3, -0.25) is 0 Å². The van der Waals surface area contributed by atoms with Gasteiger partial charge in [-0.2, -0.15) is 0 Å². The van der Waals surface area contributed by atoms with Crippen LogP contribution in [-0.4, -0.2) is 4.57 Å². The molecule has 1 heteroatoms. The molecular formula is C32H23N. The summed E-state index contributed by atoms with van der Waals surface area (Å²) in [7, 11) is 0. The quantitative estimate of drug-likeness (QED) is 0.262. The van der Waals surface area contributed by atoms with E-state index in [-0.39, 0.29) is 0 Å². The maximum Gasteiger partial charge on any atom is 0.0581 e. The largest absolute Gasteiger partial charge is 0.337 e. The van der Waals surface area contributed by atoms with E-state index in [2.05, 4.69) is 115 Å². The van der Waals surface area contributed by atoms with E-state index in [9.17, 15) is 0 Å². The highest BCUT2D eigenvalue weighted by Crippen LogP contribution is 2.46. The van der Waals surface area contributed by atoms with Gasteiger partial charge in [0, 0.05) is 43.7 Å². The van der Waals surface area contributed by atoms with Crippen molar-refractivity contribution in [2.45, 2.75) is 26.3 Å². The fraction of sp³-hybridized carbons (Fsp3) is 0.125. The lowest BCUT2D eigenvalue weighted by Crippen LogP contribution is -2.03. The molecule has 1 unspecified atom stereocenters. The molecule has 7 rings (SSSR count). The van der Waals surface area contributed by atoms with Gasteiger partial charge in [-0.1, -0.05) is 91.9 Å². The van der Waals surface area contributed by atoms with Gasteiger partial charge in [0.05, 0.1) is 11.0 Å². The minimum absolute atomic E-state index is 0.387. The van der Waals surface area contributed by atoms with Crippen LogP contribution in [0.5, 0.6) is 0 Å². The zero-order chi connectivity index (χ0) is 22.1. The van der Waals surface area contributed by atoms with Gasteiger partial charge in [0.15, 0.2) is 0 Å². The Morgan fingerprint density at radius 2 is 1.36 bits per heavy atom. The lowest BCUT2D eigenvalue weighted by atomic mass is 9.93. The molecule has 0 N–H and O–H groups in total. The Kier molecular flexibility index (Phi) is 3.79. The van der Waals surface area contributed by atoms with E-state index in [0.29, 0.717) is 6.04 Å². The van der Waals surface area contributed by atoms with Gasteiger partial charge < -0.3 is 4.57 Å². The third kappa shape index (κ3) is 2.39. The molecule has 7 aromatic rings. The van der Waals surface area contributed by atoms with Crippen LogP contribution in [0.4, 0.5) is 0 Å². The fourth-order valence-corrected chi connectivity index (χ4v) is 5.74. The number of nitrogens with zero attached hydrogens (tertiary/aromatic N) is 1. The lowest BCUT2D eigenvalue weighted by molar-refractivity contribution is 0.564. The zero-order valence-electron chi connectivity index (χ0n) is 18.8. The molecule has 0 aliphatic heterocycles. The highest BCUT2D eigenvalue weighted by Gasteiger charge is 2.22. The summed E-state index contributed by atoms with van der Waals surface area (Å²) >= 11 is 0. The Labute approximate surface area is 192 Å². The summed E-state index contributed by atoms with van der Waals surface area (Å²) in [6.45, 7) is 4.63. The predicted octanol–water partition coefficient (Wildman–Crippen LogP) is 8.98. The number of aromatic nitrogens is 1. The Morgan fingerprint density at radius 3 is 2.18 bits per heavy atom. The van der Waals surface area contributed by atoms with E-state index in [1.54, 1.807) is 0 Å². The first-order chi connectivity index (χ1) is 16.3. The average Bonchev–Trinajstić information content (AvgIpc) is 3.24. The van der Waals surface area contributed by atoms with Crippen molar-refractivity contribution in [3.63, 3.8) is 0 Å². The van der Waals surface area contributed by atoms with E-state index in [1.807, 2.05) is 0 Å². The number of hydrogen-bond acceptors (Lipinski definition) is 0. The second-order valence-corrected chi connectivity index (χ2v) is 9.12. The van der Waals surface area contributed by atoms with Crippen molar-refractivity contribution in [3.05, 3.63) is 97.1 Å². The van der Waals surface area contributed by atoms with Gasteiger partial charge >= 0.3 is 0 Å². The molecule has 0 spiro atoms. The van der Waals surface area contributed by atoms with Crippen molar-refractivity contribution in [1.82, 2.24) is 4.57 Å². The molecule has 0 aliphatic carbocycles. The van der Waals surface area contributed by atoms with Gasteiger partial charge in [0.2, 0.25) is 0 Å². The molecule has 1 nitrogen and oxygen atoms in total. The molecule has 0 saturated heterocycles. The molecule has 0 fully saturated rings. The zero-order valence-corrected chi connectivity index (χ0v) is 18.8. The number of fused-ring (bicyclic) bond motifs is 12. The van der Waals surface area contributed by atoms with Gasteiger partial charge in [-0.05, 0) is 41.6 Å². The number of rotatable bonds is 2. The summed E-state index contributed by atoms with van der Waals surface area (Å²) in [5, 5.41) is 12.7. The van der Waals surface area contributed by atoms with Crippen LogP contribution >= 0.6 is 0 Å². The Morgan fingerprint density at radius 1 is 0.667 bits per heavy atom. The van der Waals surface area contributed by atoms with Crippen LogP contribution in [0.1, 0.15) is 26.3 Å². The molecule has 0 radical (unpaired) electrons. The van der Waals surface area contributed by atoms with Crippen LogP contribution in [0.3, 0.4) is 0 Å². The van der Waals surface area contributed by atoms with Crippen molar-refractivity contribution in [2.75, 3.05) is 0 Å². The summed E-state index contributed by atoms with van der Waals surface area (Å²) in [5.41, 5.74) is 2.65. The van der Waals surface area contributed by atoms with Gasteiger partial charge in [-0.25, -0.2) is 0 Å². The molecule has 1 atom stereocenters. The van der Waals surface area contributed by atoms with Gasteiger partial charge in [-0.15, -0.1) is 0 Å². The minimum Gasteiger partial charge on any atom is -0.337 e. The maximum atomic E-state index is 3.56. The van der Waals surface area contributed by atoms with Crippen molar-refractivity contribution >= 4 is 64.9 Å². The van der Waals surface area contributed by atoms with Crippen LogP contribution in [-0.2, 0) is 0 Å². The third-order valence-electron chi connectivity index (χ3n) is 7.40. The molecule has 6 aromatic carbocycles. The SMILES string of the molecule is CCC(C)n1c2ccc3ccccc3c2c2c3c(c#cc4ccccc43)c3ccccc3c21. The predicted molar refractivity (Wildman–Crippen MR) is 142 cm³/mol. The Hall–Kier alpha value is -4.02. The van der Waals surface area contributed by atoms with E-state index in [1.165, 1.54) is 54.1 Å². The van der Waals surface area contributed by atoms with Crippen molar-refractivity contribution < 1.29 is 0 Å². The summed E-state index contributed by atoms with van der Waals surface area (Å²) < 4.78 is 2.59. The van der Waals surface area contributed by atoms with Crippen molar-refractivity contribution in [1.29, 1.82) is 0 Å². The minimum atomic E-state index is 0.387. The summed E-state index contributed by atoms with van der Waals surface area (Å²) in [6.07, 6.45) is 1.08. The third-order valence-corrected chi connectivity index (χ3v) is 7.40. The van der Waals surface area contributed by atoms with Crippen LogP contribution < -0.4 is 0 Å². The molecule has 0 aliphatic rings. The van der Waals surface area contributed by atoms with Crippen LogP contribution in [0, 0.1) is 12.1 Å². The molecule has 33 heavy (non-hydrogen) atoms. The lowest BCUT2D eigenvalue weighted by Gasteiger charge is -2.17. The normalized spacial score (nSPS) is 12.9. The van der Waals surface area contributed by atoms with E-state index in [4.69, 9.17) is 0 Å². The Bertz CT molecular complexity index is 1870. The van der Waals surface area contributed by atoms with Crippen molar-refractivity contribution in [2.24, 2.45) is 0 Å². The smallest absolute Gasteiger partial charge is 0.0581 e. The molecule has 0 saturated carbocycles. The topological polar surface area (TPSA) is 4.93 Å². The fourth-order valence-electron chi connectivity index (χ4n) is 5.74. The van der Waals surface area contributed by atoms with Gasteiger partial charge in [0.25, 0.3) is 0 Å². The van der Waals surface area contributed by atoms with E-state index >= 15 is 0 Å². The standard InChI is InChI=1S/C32H23N/c1-3-20(2)33-28-19-17-22-11-5-7-13-24(22)30(28)31-29-23-12-6-4-10-21(23)16-18-26(29)25-14-8-9-15-27(25)32(31)33/h4-15,17,19-20H,3H2,1-2H3. The van der Waals surface area contributed by atoms with Crippen LogP contribution in [0.25, 0.3) is 64.9 Å². The van der Waals surface area contributed by atoms with Crippen LogP contribution in [0.2, 0.25) is 0 Å². The summed E-state index contributed by atoms with van der Waals surface area (Å²) in [6, 6.07) is 38.2. The second kappa shape index (κ2) is 6.74. The number of hydrogen-bond donors (Lipinski definition) is 0. The second-order valence-electron chi connectivity index (χ2n) is 9.12. The molecule has 0 amide bonds. The molecule has 1 aromatic heterocycles. The molecular weight excluding hydrogens is 398 g/mol. The van der Waals surface area contributed by atoms with Gasteiger partial charge in [0.1, 0.15) is 0 Å². The maximum absolute atomic E-state index is 3.56. The first-order valence-corrected chi connectivity index (χ1v) is 11.8. The van der Waals surface area contributed by atoms with E-state index in [0.717, 1.165) is 17.2 Å². The molecule has 0 bridgehead atoms. The number of benzene rings is 5.